The Kier molecular flexibility index (Phi) is 2.71. The smallest absolute Gasteiger partial charge is 0.127 e. The molecule has 0 fully saturated rings. The first-order chi connectivity index (χ1) is 8.33. The summed E-state index contributed by atoms with van der Waals surface area (Å²) in [6.07, 6.45) is 2.05. The number of rotatable bonds is 3. The molecule has 2 aliphatic heterocycles. The van der Waals surface area contributed by atoms with E-state index in [0.717, 1.165) is 50.6 Å². The molecule has 3 nitrogen and oxygen atoms in total. The van der Waals surface area contributed by atoms with Gasteiger partial charge in [-0.2, -0.15) is 0 Å². The standard InChI is InChI=1S/C14H19NO2/c1-3-15-8-12-11-5-7-16-13(11)9(2)10-4-6-17-14(10)12/h15H,3-8H2,1-2H3. The molecule has 3 rings (SSSR count). The lowest BCUT2D eigenvalue weighted by Gasteiger charge is -2.15. The molecule has 1 aromatic rings. The van der Waals surface area contributed by atoms with Crippen molar-refractivity contribution >= 4 is 0 Å². The van der Waals surface area contributed by atoms with E-state index < -0.39 is 0 Å². The van der Waals surface area contributed by atoms with Gasteiger partial charge in [0.15, 0.2) is 0 Å². The summed E-state index contributed by atoms with van der Waals surface area (Å²) in [6.45, 7) is 7.81. The molecule has 0 saturated heterocycles. The van der Waals surface area contributed by atoms with Gasteiger partial charge in [-0.15, -0.1) is 0 Å². The lowest BCUT2D eigenvalue weighted by Crippen LogP contribution is -2.14. The van der Waals surface area contributed by atoms with Gasteiger partial charge in [-0.1, -0.05) is 6.92 Å². The van der Waals surface area contributed by atoms with Gasteiger partial charge in [-0.25, -0.2) is 0 Å². The van der Waals surface area contributed by atoms with E-state index in [-0.39, 0.29) is 0 Å². The monoisotopic (exact) mass is 233 g/mol. The van der Waals surface area contributed by atoms with Crippen LogP contribution in [-0.2, 0) is 19.4 Å². The zero-order valence-electron chi connectivity index (χ0n) is 10.6. The van der Waals surface area contributed by atoms with E-state index in [1.54, 1.807) is 0 Å². The summed E-state index contributed by atoms with van der Waals surface area (Å²) < 4.78 is 11.6. The Morgan fingerprint density at radius 2 is 1.76 bits per heavy atom. The maximum atomic E-state index is 5.84. The second-order valence-corrected chi connectivity index (χ2v) is 4.70. The number of ether oxygens (including phenoxy) is 2. The Labute approximate surface area is 102 Å². The van der Waals surface area contributed by atoms with Crippen molar-refractivity contribution in [3.05, 3.63) is 22.3 Å². The van der Waals surface area contributed by atoms with Crippen LogP contribution in [0.25, 0.3) is 0 Å². The minimum Gasteiger partial charge on any atom is -0.493 e. The van der Waals surface area contributed by atoms with Gasteiger partial charge in [0, 0.05) is 36.1 Å². The van der Waals surface area contributed by atoms with Crippen LogP contribution in [0.1, 0.15) is 29.2 Å². The fourth-order valence-corrected chi connectivity index (χ4v) is 2.87. The average molecular weight is 233 g/mol. The Balaban J connectivity index is 2.12. The molecule has 0 radical (unpaired) electrons. The van der Waals surface area contributed by atoms with Crippen LogP contribution in [0, 0.1) is 6.92 Å². The molecule has 92 valence electrons. The largest absolute Gasteiger partial charge is 0.493 e. The Bertz CT molecular complexity index is 419. The van der Waals surface area contributed by atoms with Crippen molar-refractivity contribution in [1.82, 2.24) is 5.32 Å². The SMILES string of the molecule is CCNCc1c2c(c(C)c3c1OCC3)OCC2. The molecule has 1 aromatic carbocycles. The van der Waals surface area contributed by atoms with Crippen molar-refractivity contribution < 1.29 is 9.47 Å². The lowest BCUT2D eigenvalue weighted by molar-refractivity contribution is 0.352. The molecule has 0 saturated carbocycles. The van der Waals surface area contributed by atoms with Crippen LogP contribution in [0.15, 0.2) is 0 Å². The number of nitrogens with one attached hydrogen (secondary N) is 1. The number of hydrogen-bond acceptors (Lipinski definition) is 3. The van der Waals surface area contributed by atoms with Crippen LogP contribution in [-0.4, -0.2) is 19.8 Å². The lowest BCUT2D eigenvalue weighted by atomic mass is 9.95. The number of fused-ring (bicyclic) bond motifs is 2. The molecular formula is C14H19NO2. The molecule has 3 heteroatoms. The zero-order valence-corrected chi connectivity index (χ0v) is 10.6. The minimum atomic E-state index is 0.818. The summed E-state index contributed by atoms with van der Waals surface area (Å²) in [7, 11) is 0. The molecule has 0 amide bonds. The van der Waals surface area contributed by atoms with Gasteiger partial charge < -0.3 is 14.8 Å². The van der Waals surface area contributed by atoms with E-state index in [4.69, 9.17) is 9.47 Å². The van der Waals surface area contributed by atoms with Crippen molar-refractivity contribution in [2.24, 2.45) is 0 Å². The van der Waals surface area contributed by atoms with Gasteiger partial charge in [0.2, 0.25) is 0 Å². The third-order valence-electron chi connectivity index (χ3n) is 3.73. The van der Waals surface area contributed by atoms with Crippen molar-refractivity contribution in [1.29, 1.82) is 0 Å². The third-order valence-corrected chi connectivity index (χ3v) is 3.73. The highest BCUT2D eigenvalue weighted by Crippen LogP contribution is 2.43. The maximum absolute atomic E-state index is 5.84. The Hall–Kier alpha value is -1.22. The van der Waals surface area contributed by atoms with Gasteiger partial charge in [-0.3, -0.25) is 0 Å². The summed E-state index contributed by atoms with van der Waals surface area (Å²) >= 11 is 0. The van der Waals surface area contributed by atoms with Crippen LogP contribution in [0.5, 0.6) is 11.5 Å². The maximum Gasteiger partial charge on any atom is 0.127 e. The highest BCUT2D eigenvalue weighted by molar-refractivity contribution is 5.61. The summed E-state index contributed by atoms with van der Waals surface area (Å²) in [5, 5.41) is 3.41. The normalized spacial score (nSPS) is 16.4. The predicted octanol–water partition coefficient (Wildman–Crippen LogP) is 1.97. The van der Waals surface area contributed by atoms with Crippen molar-refractivity contribution in [2.75, 3.05) is 19.8 Å². The average Bonchev–Trinajstić information content (AvgIpc) is 2.97. The quantitative estimate of drug-likeness (QED) is 0.866. The van der Waals surface area contributed by atoms with Crippen LogP contribution in [0.4, 0.5) is 0 Å². The van der Waals surface area contributed by atoms with Crippen LogP contribution < -0.4 is 14.8 Å². The summed E-state index contributed by atoms with van der Waals surface area (Å²) in [6, 6.07) is 0. The first-order valence-electron chi connectivity index (χ1n) is 6.46. The molecule has 0 aliphatic carbocycles. The highest BCUT2D eigenvalue weighted by atomic mass is 16.5. The Morgan fingerprint density at radius 1 is 1.06 bits per heavy atom. The van der Waals surface area contributed by atoms with Gasteiger partial charge in [-0.05, 0) is 19.0 Å². The number of hydrogen-bond donors (Lipinski definition) is 1. The molecule has 0 atom stereocenters. The fourth-order valence-electron chi connectivity index (χ4n) is 2.87. The zero-order chi connectivity index (χ0) is 11.8. The number of benzene rings is 1. The van der Waals surface area contributed by atoms with Crippen LogP contribution in [0.2, 0.25) is 0 Å². The van der Waals surface area contributed by atoms with E-state index in [1.807, 2.05) is 0 Å². The van der Waals surface area contributed by atoms with Gasteiger partial charge in [0.25, 0.3) is 0 Å². The second kappa shape index (κ2) is 4.22. The molecule has 0 unspecified atom stereocenters. The summed E-state index contributed by atoms with van der Waals surface area (Å²) in [5.74, 6) is 2.26. The first-order valence-corrected chi connectivity index (χ1v) is 6.46. The van der Waals surface area contributed by atoms with E-state index >= 15 is 0 Å². The van der Waals surface area contributed by atoms with Crippen molar-refractivity contribution in [3.8, 4) is 11.5 Å². The fraction of sp³-hybridized carbons (Fsp3) is 0.571. The molecule has 0 spiro atoms. The third kappa shape index (κ3) is 1.61. The Morgan fingerprint density at radius 3 is 2.53 bits per heavy atom. The second-order valence-electron chi connectivity index (χ2n) is 4.70. The summed E-state index contributed by atoms with van der Waals surface area (Å²) in [4.78, 5) is 0. The highest BCUT2D eigenvalue weighted by Gasteiger charge is 2.28. The van der Waals surface area contributed by atoms with E-state index in [2.05, 4.69) is 19.2 Å². The molecule has 0 bridgehead atoms. The molecule has 1 N–H and O–H groups in total. The molecule has 0 aromatic heterocycles. The summed E-state index contributed by atoms with van der Waals surface area (Å²) in [5.41, 5.74) is 5.35. The predicted molar refractivity (Wildman–Crippen MR) is 67.0 cm³/mol. The van der Waals surface area contributed by atoms with Crippen LogP contribution >= 0.6 is 0 Å². The van der Waals surface area contributed by atoms with Crippen molar-refractivity contribution in [3.63, 3.8) is 0 Å². The van der Waals surface area contributed by atoms with Gasteiger partial charge in [0.1, 0.15) is 11.5 Å². The van der Waals surface area contributed by atoms with E-state index in [0.29, 0.717) is 0 Å². The van der Waals surface area contributed by atoms with Gasteiger partial charge >= 0.3 is 0 Å². The topological polar surface area (TPSA) is 30.5 Å². The van der Waals surface area contributed by atoms with Gasteiger partial charge in [0.05, 0.1) is 13.2 Å². The minimum absolute atomic E-state index is 0.818. The van der Waals surface area contributed by atoms with Crippen LogP contribution in [0.3, 0.4) is 0 Å². The first kappa shape index (κ1) is 10.9. The molecule has 2 aliphatic rings. The molecular weight excluding hydrogens is 214 g/mol. The molecule has 2 heterocycles. The van der Waals surface area contributed by atoms with E-state index in [1.165, 1.54) is 22.3 Å². The molecule has 17 heavy (non-hydrogen) atoms. The van der Waals surface area contributed by atoms with Crippen molar-refractivity contribution in [2.45, 2.75) is 33.2 Å². The van der Waals surface area contributed by atoms with E-state index in [9.17, 15) is 0 Å².